The van der Waals surface area contributed by atoms with Crippen molar-refractivity contribution in [3.05, 3.63) is 35.9 Å². The van der Waals surface area contributed by atoms with Crippen LogP contribution >= 0.6 is 11.8 Å². The Hall–Kier alpha value is -1.16. The second-order valence-corrected chi connectivity index (χ2v) is 6.50. The lowest BCUT2D eigenvalue weighted by Crippen LogP contribution is -2.36. The minimum absolute atomic E-state index is 0.0843. The summed E-state index contributed by atoms with van der Waals surface area (Å²) in [6, 6.07) is 10.1. The number of carbonyl (C=O) groups is 1. The van der Waals surface area contributed by atoms with Gasteiger partial charge in [-0.05, 0) is 26.3 Å². The largest absolute Gasteiger partial charge is 0.444 e. The van der Waals surface area contributed by atoms with Gasteiger partial charge in [-0.3, -0.25) is 4.90 Å². The van der Waals surface area contributed by atoms with Crippen LogP contribution in [0.3, 0.4) is 0 Å². The molecule has 1 saturated heterocycles. The Morgan fingerprint density at radius 1 is 1.33 bits per heavy atom. The van der Waals surface area contributed by atoms with Crippen LogP contribution in [-0.4, -0.2) is 28.9 Å². The van der Waals surface area contributed by atoms with E-state index in [9.17, 15) is 4.79 Å². The van der Waals surface area contributed by atoms with E-state index in [2.05, 4.69) is 12.1 Å². The van der Waals surface area contributed by atoms with Gasteiger partial charge in [-0.25, -0.2) is 4.79 Å². The smallest absolute Gasteiger partial charge is 0.411 e. The first kappa shape index (κ1) is 13.3. The third kappa shape index (κ3) is 3.19. The molecule has 1 amide bonds. The van der Waals surface area contributed by atoms with Crippen LogP contribution in [0, 0.1) is 0 Å². The second-order valence-electron chi connectivity index (χ2n) is 5.31. The molecular weight excluding hydrogens is 246 g/mol. The molecule has 0 radical (unpaired) electrons. The molecule has 0 spiro atoms. The highest BCUT2D eigenvalue weighted by Gasteiger charge is 2.33. The van der Waals surface area contributed by atoms with E-state index in [1.807, 2.05) is 43.9 Å². The summed E-state index contributed by atoms with van der Waals surface area (Å²) in [7, 11) is 0. The Balaban J connectivity index is 2.11. The number of nitrogens with zero attached hydrogens (tertiary/aromatic N) is 1. The first-order chi connectivity index (χ1) is 8.47. The van der Waals surface area contributed by atoms with E-state index >= 15 is 0 Å². The van der Waals surface area contributed by atoms with E-state index in [4.69, 9.17) is 4.74 Å². The summed E-state index contributed by atoms with van der Waals surface area (Å²) >= 11 is 1.78. The zero-order valence-electron chi connectivity index (χ0n) is 11.1. The lowest BCUT2D eigenvalue weighted by Gasteiger charge is -2.28. The van der Waals surface area contributed by atoms with Crippen LogP contribution in [0.2, 0.25) is 0 Å². The molecule has 0 aliphatic carbocycles. The van der Waals surface area contributed by atoms with E-state index in [0.29, 0.717) is 0 Å². The predicted octanol–water partition coefficient (Wildman–Crippen LogP) is 3.67. The third-order valence-electron chi connectivity index (χ3n) is 2.60. The summed E-state index contributed by atoms with van der Waals surface area (Å²) in [5.41, 5.74) is 0.719. The summed E-state index contributed by atoms with van der Waals surface area (Å²) in [5.74, 6) is 0.957. The van der Waals surface area contributed by atoms with Crippen molar-refractivity contribution in [2.24, 2.45) is 0 Å². The maximum atomic E-state index is 12.1. The lowest BCUT2D eigenvalue weighted by atomic mass is 10.2. The van der Waals surface area contributed by atoms with Crippen molar-refractivity contribution < 1.29 is 9.53 Å². The fourth-order valence-corrected chi connectivity index (χ4v) is 3.12. The summed E-state index contributed by atoms with van der Waals surface area (Å²) in [4.78, 5) is 13.9. The first-order valence-electron chi connectivity index (χ1n) is 6.13. The number of carbonyl (C=O) groups excluding carboxylic acids is 1. The van der Waals surface area contributed by atoms with Crippen molar-refractivity contribution in [3.8, 4) is 0 Å². The molecule has 4 heteroatoms. The van der Waals surface area contributed by atoms with Crippen LogP contribution in [0.4, 0.5) is 4.79 Å². The summed E-state index contributed by atoms with van der Waals surface area (Å²) in [6.45, 7) is 6.43. The Morgan fingerprint density at radius 2 is 2.00 bits per heavy atom. The fraction of sp³-hybridized carbons (Fsp3) is 0.500. The Bertz CT molecular complexity index is 414. The van der Waals surface area contributed by atoms with Crippen LogP contribution in [0.25, 0.3) is 0 Å². The Labute approximate surface area is 113 Å². The van der Waals surface area contributed by atoms with Crippen LogP contribution in [0.5, 0.6) is 0 Å². The molecule has 1 aliphatic heterocycles. The predicted molar refractivity (Wildman–Crippen MR) is 74.6 cm³/mol. The van der Waals surface area contributed by atoms with Crippen LogP contribution in [-0.2, 0) is 4.74 Å². The van der Waals surface area contributed by atoms with E-state index in [-0.39, 0.29) is 11.5 Å². The zero-order valence-corrected chi connectivity index (χ0v) is 11.9. The van der Waals surface area contributed by atoms with Gasteiger partial charge in [0, 0.05) is 12.3 Å². The van der Waals surface area contributed by atoms with Gasteiger partial charge in [0.1, 0.15) is 11.0 Å². The number of benzene rings is 1. The number of amides is 1. The van der Waals surface area contributed by atoms with Crippen LogP contribution < -0.4 is 0 Å². The number of rotatable bonds is 1. The van der Waals surface area contributed by atoms with Gasteiger partial charge in [0.2, 0.25) is 0 Å². The van der Waals surface area contributed by atoms with Crippen LogP contribution in [0.1, 0.15) is 31.7 Å². The molecule has 1 unspecified atom stereocenters. The van der Waals surface area contributed by atoms with Crippen molar-refractivity contribution in [2.75, 3.05) is 12.3 Å². The van der Waals surface area contributed by atoms with E-state index in [0.717, 1.165) is 17.9 Å². The van der Waals surface area contributed by atoms with Gasteiger partial charge in [-0.2, -0.15) is 0 Å². The molecule has 1 aromatic carbocycles. The fourth-order valence-electron chi connectivity index (χ4n) is 1.87. The van der Waals surface area contributed by atoms with Gasteiger partial charge in [0.05, 0.1) is 0 Å². The molecule has 1 aromatic rings. The number of thioether (sulfide) groups is 1. The van der Waals surface area contributed by atoms with Gasteiger partial charge < -0.3 is 4.74 Å². The molecule has 2 rings (SSSR count). The van der Waals surface area contributed by atoms with E-state index < -0.39 is 5.60 Å². The van der Waals surface area contributed by atoms with E-state index in [1.54, 1.807) is 11.8 Å². The van der Waals surface area contributed by atoms with E-state index in [1.165, 1.54) is 0 Å². The van der Waals surface area contributed by atoms with Gasteiger partial charge in [-0.1, -0.05) is 30.3 Å². The zero-order chi connectivity index (χ0) is 13.2. The molecule has 1 fully saturated rings. The molecule has 18 heavy (non-hydrogen) atoms. The molecule has 1 atom stereocenters. The molecule has 0 N–H and O–H groups in total. The topological polar surface area (TPSA) is 29.5 Å². The minimum atomic E-state index is -0.439. The standard InChI is InChI=1S/C14H19NO2S/c1-14(2,3)17-13(16)15-9-10-18-12(15)11-7-5-4-6-8-11/h4-8,12H,9-10H2,1-3H3. The highest BCUT2D eigenvalue weighted by molar-refractivity contribution is 7.99. The van der Waals surface area contributed by atoms with Crippen molar-refractivity contribution >= 4 is 17.9 Å². The highest BCUT2D eigenvalue weighted by Crippen LogP contribution is 2.38. The van der Waals surface area contributed by atoms with Crippen molar-refractivity contribution in [1.82, 2.24) is 4.90 Å². The first-order valence-corrected chi connectivity index (χ1v) is 7.18. The Morgan fingerprint density at radius 3 is 2.61 bits per heavy atom. The molecule has 1 aliphatic rings. The summed E-state index contributed by atoms with van der Waals surface area (Å²) in [6.07, 6.45) is -0.221. The maximum Gasteiger partial charge on any atom is 0.411 e. The maximum absolute atomic E-state index is 12.1. The number of hydrogen-bond acceptors (Lipinski definition) is 3. The lowest BCUT2D eigenvalue weighted by molar-refractivity contribution is 0.0254. The second kappa shape index (κ2) is 5.22. The average Bonchev–Trinajstić information content (AvgIpc) is 2.76. The van der Waals surface area contributed by atoms with Crippen molar-refractivity contribution in [2.45, 2.75) is 31.7 Å². The molecular formula is C14H19NO2S. The van der Waals surface area contributed by atoms with Gasteiger partial charge in [0.15, 0.2) is 0 Å². The third-order valence-corrected chi connectivity index (χ3v) is 3.86. The molecule has 3 nitrogen and oxygen atoms in total. The molecule has 1 heterocycles. The normalized spacial score (nSPS) is 19.9. The van der Waals surface area contributed by atoms with Gasteiger partial charge in [-0.15, -0.1) is 11.8 Å². The van der Waals surface area contributed by atoms with Crippen molar-refractivity contribution in [3.63, 3.8) is 0 Å². The van der Waals surface area contributed by atoms with Crippen molar-refractivity contribution in [1.29, 1.82) is 0 Å². The monoisotopic (exact) mass is 265 g/mol. The summed E-state index contributed by atoms with van der Waals surface area (Å²) in [5, 5.41) is 0.0843. The Kier molecular flexibility index (Phi) is 3.85. The minimum Gasteiger partial charge on any atom is -0.444 e. The van der Waals surface area contributed by atoms with Gasteiger partial charge in [0.25, 0.3) is 0 Å². The SMILES string of the molecule is CC(C)(C)OC(=O)N1CCSC1c1ccccc1. The molecule has 0 bridgehead atoms. The quantitative estimate of drug-likeness (QED) is 0.776. The molecule has 0 saturated carbocycles. The average molecular weight is 265 g/mol. The molecule has 98 valence electrons. The summed E-state index contributed by atoms with van der Waals surface area (Å²) < 4.78 is 5.45. The number of hydrogen-bond donors (Lipinski definition) is 0. The highest BCUT2D eigenvalue weighted by atomic mass is 32.2. The number of ether oxygens (including phenoxy) is 1. The van der Waals surface area contributed by atoms with Crippen LogP contribution in [0.15, 0.2) is 30.3 Å². The molecule has 0 aromatic heterocycles. The van der Waals surface area contributed by atoms with Gasteiger partial charge >= 0.3 is 6.09 Å².